The van der Waals surface area contributed by atoms with Gasteiger partial charge < -0.3 is 4.98 Å². The van der Waals surface area contributed by atoms with Crippen molar-refractivity contribution in [3.05, 3.63) is 35.6 Å². The van der Waals surface area contributed by atoms with E-state index in [1.807, 2.05) is 12.1 Å². The normalized spacial score (nSPS) is 32.3. The Morgan fingerprint density at radius 2 is 1.43 bits per heavy atom. The third-order valence-electron chi connectivity index (χ3n) is 5.96. The van der Waals surface area contributed by atoms with E-state index in [-0.39, 0.29) is 11.4 Å². The molecule has 1 aliphatic rings. The van der Waals surface area contributed by atoms with Crippen LogP contribution in [-0.2, 0) is 0 Å². The van der Waals surface area contributed by atoms with Crippen molar-refractivity contribution in [1.29, 1.82) is 0 Å². The first-order valence-electron chi connectivity index (χ1n) is 8.99. The van der Waals surface area contributed by atoms with E-state index < -0.39 is 8.24 Å². The maximum atomic E-state index is 13.4. The van der Waals surface area contributed by atoms with Crippen LogP contribution in [0.2, 0.25) is 18.6 Å². The summed E-state index contributed by atoms with van der Waals surface area (Å²) in [5.41, 5.74) is 2.12. The second-order valence-corrected chi connectivity index (χ2v) is 13.6. The summed E-state index contributed by atoms with van der Waals surface area (Å²) in [5, 5.41) is 0. The van der Waals surface area contributed by atoms with Gasteiger partial charge in [-0.2, -0.15) is 0 Å². The molecule has 130 valence electrons. The van der Waals surface area contributed by atoms with Crippen molar-refractivity contribution < 1.29 is 4.39 Å². The highest BCUT2D eigenvalue weighted by Crippen LogP contribution is 2.57. The molecule has 5 unspecified atom stereocenters. The van der Waals surface area contributed by atoms with Crippen LogP contribution >= 0.6 is 0 Å². The number of hydrogen-bond acceptors (Lipinski definition) is 1. The molecule has 1 N–H and O–H groups in total. The Morgan fingerprint density at radius 3 is 1.91 bits per heavy atom. The molecule has 1 aromatic carbocycles. The SMILES string of the molecule is CC1C(C)C(c2ccc(F)cc2)C([Si](C)(C)NC(C)(C)C)C1C. The minimum atomic E-state index is -1.66. The summed E-state index contributed by atoms with van der Waals surface area (Å²) < 4.78 is 13.4. The number of benzene rings is 1. The minimum Gasteiger partial charge on any atom is -0.332 e. The molecule has 0 saturated heterocycles. The fourth-order valence-electron chi connectivity index (χ4n) is 5.14. The van der Waals surface area contributed by atoms with Gasteiger partial charge in [-0.05, 0) is 67.7 Å². The molecule has 0 heterocycles. The zero-order valence-electron chi connectivity index (χ0n) is 16.1. The van der Waals surface area contributed by atoms with Crippen molar-refractivity contribution in [1.82, 2.24) is 4.98 Å². The van der Waals surface area contributed by atoms with Crippen LogP contribution < -0.4 is 4.98 Å². The van der Waals surface area contributed by atoms with Crippen LogP contribution in [-0.4, -0.2) is 13.8 Å². The maximum Gasteiger partial charge on any atom is 0.123 e. The van der Waals surface area contributed by atoms with Gasteiger partial charge in [0.25, 0.3) is 0 Å². The highest BCUT2D eigenvalue weighted by molar-refractivity contribution is 6.76. The summed E-state index contributed by atoms with van der Waals surface area (Å²) in [4.78, 5) is 3.98. The maximum absolute atomic E-state index is 13.4. The predicted octanol–water partition coefficient (Wildman–Crippen LogP) is 5.79. The largest absolute Gasteiger partial charge is 0.332 e. The molecule has 1 aromatic rings. The molecular formula is C20H34FNSi. The topological polar surface area (TPSA) is 12.0 Å². The second-order valence-electron chi connectivity index (χ2n) is 9.28. The molecule has 0 spiro atoms. The Bertz CT molecular complexity index is 532. The van der Waals surface area contributed by atoms with Crippen molar-refractivity contribution in [2.75, 3.05) is 0 Å². The van der Waals surface area contributed by atoms with Gasteiger partial charge in [0.1, 0.15) is 14.1 Å². The summed E-state index contributed by atoms with van der Waals surface area (Å²) in [6, 6.07) is 7.27. The lowest BCUT2D eigenvalue weighted by Gasteiger charge is -2.42. The Balaban J connectivity index is 2.42. The Kier molecular flexibility index (Phi) is 5.13. The quantitative estimate of drug-likeness (QED) is 0.689. The van der Waals surface area contributed by atoms with Gasteiger partial charge in [-0.3, -0.25) is 0 Å². The van der Waals surface area contributed by atoms with Crippen LogP contribution in [0.25, 0.3) is 0 Å². The van der Waals surface area contributed by atoms with Crippen molar-refractivity contribution in [3.8, 4) is 0 Å². The average Bonchev–Trinajstić information content (AvgIpc) is 2.62. The Labute approximate surface area is 143 Å². The van der Waals surface area contributed by atoms with Gasteiger partial charge in [-0.1, -0.05) is 46.0 Å². The first-order valence-corrected chi connectivity index (χ1v) is 12.1. The summed E-state index contributed by atoms with van der Waals surface area (Å²) in [7, 11) is -1.66. The fraction of sp³-hybridized carbons (Fsp3) is 0.700. The number of nitrogens with one attached hydrogen (secondary N) is 1. The van der Waals surface area contributed by atoms with Crippen LogP contribution in [0.5, 0.6) is 0 Å². The van der Waals surface area contributed by atoms with E-state index in [0.717, 1.165) is 0 Å². The van der Waals surface area contributed by atoms with Crippen LogP contribution in [0.15, 0.2) is 24.3 Å². The average molecular weight is 336 g/mol. The van der Waals surface area contributed by atoms with E-state index in [9.17, 15) is 4.39 Å². The van der Waals surface area contributed by atoms with Gasteiger partial charge in [0, 0.05) is 5.54 Å². The molecule has 1 nitrogen and oxygen atoms in total. The molecule has 2 rings (SSSR count). The Morgan fingerprint density at radius 1 is 0.913 bits per heavy atom. The minimum absolute atomic E-state index is 0.137. The van der Waals surface area contributed by atoms with Crippen LogP contribution in [0.3, 0.4) is 0 Å². The molecular weight excluding hydrogens is 301 g/mol. The van der Waals surface area contributed by atoms with Crippen LogP contribution in [0, 0.1) is 23.6 Å². The summed E-state index contributed by atoms with van der Waals surface area (Å²) in [5.74, 6) is 2.41. The molecule has 1 saturated carbocycles. The third kappa shape index (κ3) is 3.88. The van der Waals surface area contributed by atoms with Crippen molar-refractivity contribution in [2.45, 2.75) is 71.6 Å². The highest BCUT2D eigenvalue weighted by atomic mass is 28.3. The molecule has 0 bridgehead atoms. The van der Waals surface area contributed by atoms with Gasteiger partial charge in [0.15, 0.2) is 0 Å². The first kappa shape index (κ1) is 18.7. The Hall–Kier alpha value is -0.673. The van der Waals surface area contributed by atoms with Gasteiger partial charge in [-0.15, -0.1) is 0 Å². The molecule has 0 amide bonds. The van der Waals surface area contributed by atoms with E-state index in [1.165, 1.54) is 5.56 Å². The molecule has 1 fully saturated rings. The molecule has 0 aliphatic heterocycles. The second kappa shape index (κ2) is 6.32. The van der Waals surface area contributed by atoms with Gasteiger partial charge in [0.2, 0.25) is 0 Å². The highest BCUT2D eigenvalue weighted by Gasteiger charge is 2.52. The number of halogens is 1. The lowest BCUT2D eigenvalue weighted by atomic mass is 9.86. The molecule has 5 atom stereocenters. The predicted molar refractivity (Wildman–Crippen MR) is 101 cm³/mol. The summed E-state index contributed by atoms with van der Waals surface area (Å²) in [6.07, 6.45) is 0. The number of rotatable bonds is 3. The molecule has 1 aliphatic carbocycles. The summed E-state index contributed by atoms with van der Waals surface area (Å²) >= 11 is 0. The van der Waals surface area contributed by atoms with E-state index in [4.69, 9.17) is 0 Å². The monoisotopic (exact) mass is 335 g/mol. The zero-order chi connectivity index (χ0) is 17.6. The molecule has 3 heteroatoms. The standard InChI is InChI=1S/C20H34FNSi/c1-13-14(2)18(16-9-11-17(21)12-10-16)19(15(13)3)23(7,8)22-20(4,5)6/h9-15,18-19,22H,1-8H3. The molecule has 23 heavy (non-hydrogen) atoms. The van der Waals surface area contributed by atoms with Crippen LogP contribution in [0.4, 0.5) is 4.39 Å². The van der Waals surface area contributed by atoms with E-state index in [2.05, 4.69) is 59.6 Å². The van der Waals surface area contributed by atoms with Gasteiger partial charge in [-0.25, -0.2) is 4.39 Å². The van der Waals surface area contributed by atoms with Crippen molar-refractivity contribution in [2.24, 2.45) is 17.8 Å². The van der Waals surface area contributed by atoms with Gasteiger partial charge in [0.05, 0.1) is 0 Å². The first-order chi connectivity index (χ1) is 10.4. The molecule has 0 radical (unpaired) electrons. The number of hydrogen-bond donors (Lipinski definition) is 1. The summed E-state index contributed by atoms with van der Waals surface area (Å²) in [6.45, 7) is 18.9. The van der Waals surface area contributed by atoms with E-state index in [0.29, 0.717) is 29.2 Å². The smallest absolute Gasteiger partial charge is 0.123 e. The molecule has 0 aromatic heterocycles. The van der Waals surface area contributed by atoms with Crippen LogP contribution in [0.1, 0.15) is 53.0 Å². The van der Waals surface area contributed by atoms with E-state index >= 15 is 0 Å². The van der Waals surface area contributed by atoms with Crippen molar-refractivity contribution >= 4 is 8.24 Å². The lowest BCUT2D eigenvalue weighted by molar-refractivity contribution is 0.369. The zero-order valence-corrected chi connectivity index (χ0v) is 17.1. The van der Waals surface area contributed by atoms with Crippen molar-refractivity contribution in [3.63, 3.8) is 0 Å². The van der Waals surface area contributed by atoms with Gasteiger partial charge >= 0.3 is 0 Å². The fourth-order valence-corrected chi connectivity index (χ4v) is 10.3. The lowest BCUT2D eigenvalue weighted by Crippen LogP contribution is -2.58. The third-order valence-corrected chi connectivity index (χ3v) is 9.91. The van der Waals surface area contributed by atoms with E-state index in [1.54, 1.807) is 12.1 Å².